The van der Waals surface area contributed by atoms with Gasteiger partial charge in [0.1, 0.15) is 17.2 Å². The number of benzene rings is 1. The minimum atomic E-state index is -0.610. The largest absolute Gasteiger partial charge is 0.333 e. The third-order valence-corrected chi connectivity index (χ3v) is 7.07. The van der Waals surface area contributed by atoms with E-state index in [2.05, 4.69) is 18.8 Å². The molecule has 1 fully saturated rings. The maximum Gasteiger partial charge on any atom is 0.274 e. The number of piperazine rings is 1. The summed E-state index contributed by atoms with van der Waals surface area (Å²) in [7, 11) is 0. The lowest BCUT2D eigenvalue weighted by atomic mass is 9.97. The average Bonchev–Trinajstić information content (AvgIpc) is 3.33. The van der Waals surface area contributed by atoms with Crippen molar-refractivity contribution in [2.24, 2.45) is 0 Å². The smallest absolute Gasteiger partial charge is 0.274 e. The van der Waals surface area contributed by atoms with Gasteiger partial charge in [0.2, 0.25) is 0 Å². The number of fused-ring (bicyclic) bond motifs is 1. The van der Waals surface area contributed by atoms with E-state index in [0.29, 0.717) is 47.9 Å². The first-order chi connectivity index (χ1) is 18.0. The Labute approximate surface area is 221 Å². The average molecular weight is 515 g/mol. The predicted molar refractivity (Wildman–Crippen MR) is 142 cm³/mol. The van der Waals surface area contributed by atoms with Crippen LogP contribution in [-0.2, 0) is 0 Å². The molecule has 1 saturated heterocycles. The normalized spacial score (nSPS) is 15.3. The molecule has 0 saturated carbocycles. The highest BCUT2D eigenvalue weighted by atomic mass is 19.1. The maximum absolute atomic E-state index is 13.9. The van der Waals surface area contributed by atoms with Crippen LogP contribution in [0.2, 0.25) is 0 Å². The van der Waals surface area contributed by atoms with Gasteiger partial charge in [-0.25, -0.2) is 13.9 Å². The Morgan fingerprint density at radius 2 is 1.82 bits per heavy atom. The number of pyridine rings is 1. The number of halogens is 1. The van der Waals surface area contributed by atoms with Gasteiger partial charge in [-0.2, -0.15) is 5.10 Å². The number of carbonyl (C=O) groups excluding carboxylic acids is 2. The first-order valence-corrected chi connectivity index (χ1v) is 12.7. The summed E-state index contributed by atoms with van der Waals surface area (Å²) >= 11 is 0. The van der Waals surface area contributed by atoms with E-state index in [4.69, 9.17) is 10.1 Å². The molecular formula is C29H31FN6O2. The Bertz CT molecular complexity index is 1530. The number of imidazole rings is 1. The second-order valence-corrected chi connectivity index (χ2v) is 10.7. The molecule has 2 amide bonds. The highest BCUT2D eigenvalue weighted by molar-refractivity contribution is 5.95. The molecular weight excluding hydrogens is 483 g/mol. The summed E-state index contributed by atoms with van der Waals surface area (Å²) < 4.78 is 15.5. The van der Waals surface area contributed by atoms with E-state index in [1.165, 1.54) is 6.07 Å². The number of rotatable bonds is 4. The Balaban J connectivity index is 1.45. The fourth-order valence-electron chi connectivity index (χ4n) is 4.97. The summed E-state index contributed by atoms with van der Waals surface area (Å²) in [5, 5.41) is 4.71. The summed E-state index contributed by atoms with van der Waals surface area (Å²) in [5.41, 5.74) is 3.66. The number of hydrogen-bond acceptors (Lipinski definition) is 5. The number of aromatic nitrogens is 4. The molecule has 5 rings (SSSR count). The van der Waals surface area contributed by atoms with Crippen molar-refractivity contribution in [1.29, 1.82) is 0 Å². The summed E-state index contributed by atoms with van der Waals surface area (Å²) in [6, 6.07) is 12.1. The monoisotopic (exact) mass is 514 g/mol. The Morgan fingerprint density at radius 3 is 2.47 bits per heavy atom. The van der Waals surface area contributed by atoms with E-state index in [1.54, 1.807) is 64.0 Å². The van der Waals surface area contributed by atoms with Crippen LogP contribution in [0.25, 0.3) is 16.9 Å². The fourth-order valence-corrected chi connectivity index (χ4v) is 4.97. The number of carbonyl (C=O) groups is 2. The van der Waals surface area contributed by atoms with Gasteiger partial charge >= 0.3 is 0 Å². The first kappa shape index (κ1) is 25.5. The minimum absolute atomic E-state index is 0.128. The van der Waals surface area contributed by atoms with Crippen LogP contribution in [0.5, 0.6) is 0 Å². The summed E-state index contributed by atoms with van der Waals surface area (Å²) in [6.45, 7) is 10.9. The molecule has 38 heavy (non-hydrogen) atoms. The van der Waals surface area contributed by atoms with Crippen LogP contribution in [0.1, 0.15) is 65.7 Å². The molecule has 0 aliphatic carbocycles. The summed E-state index contributed by atoms with van der Waals surface area (Å²) in [5.74, 6) is -0.491. The zero-order valence-corrected chi connectivity index (χ0v) is 22.3. The third kappa shape index (κ3) is 4.64. The van der Waals surface area contributed by atoms with Crippen molar-refractivity contribution in [2.75, 3.05) is 19.6 Å². The van der Waals surface area contributed by atoms with Crippen molar-refractivity contribution in [2.45, 2.75) is 46.1 Å². The Hall–Kier alpha value is -4.14. The van der Waals surface area contributed by atoms with Crippen LogP contribution >= 0.6 is 0 Å². The van der Waals surface area contributed by atoms with E-state index < -0.39 is 5.54 Å². The molecule has 4 aromatic rings. The molecule has 0 spiro atoms. The highest BCUT2D eigenvalue weighted by Gasteiger charge is 2.40. The van der Waals surface area contributed by atoms with Crippen molar-refractivity contribution in [3.8, 4) is 11.3 Å². The van der Waals surface area contributed by atoms with Gasteiger partial charge in [0.05, 0.1) is 17.4 Å². The van der Waals surface area contributed by atoms with Gasteiger partial charge in [-0.3, -0.25) is 14.6 Å². The van der Waals surface area contributed by atoms with Crippen LogP contribution in [-0.4, -0.2) is 66.4 Å². The third-order valence-electron chi connectivity index (χ3n) is 7.07. The lowest BCUT2D eigenvalue weighted by Crippen LogP contribution is -2.62. The summed E-state index contributed by atoms with van der Waals surface area (Å²) in [4.78, 5) is 39.1. The molecule has 3 aromatic heterocycles. The van der Waals surface area contributed by atoms with Crippen LogP contribution in [0.4, 0.5) is 4.39 Å². The minimum Gasteiger partial charge on any atom is -0.333 e. The quantitative estimate of drug-likeness (QED) is 0.393. The SMILES string of the molecule is Cc1cc(-c2cc(C(C)C)c3nc(C(=O)N4CCN(C(=O)c5ccccn5)CC4(C)C)cn3n2)ccc1F. The van der Waals surface area contributed by atoms with Gasteiger partial charge in [0.15, 0.2) is 5.65 Å². The number of aryl methyl sites for hydroxylation is 1. The molecule has 196 valence electrons. The summed E-state index contributed by atoms with van der Waals surface area (Å²) in [6.07, 6.45) is 3.26. The van der Waals surface area contributed by atoms with Crippen molar-refractivity contribution < 1.29 is 14.0 Å². The number of amides is 2. The van der Waals surface area contributed by atoms with Crippen molar-refractivity contribution in [1.82, 2.24) is 29.4 Å². The molecule has 0 unspecified atom stereocenters. The standard InChI is InChI=1S/C29H31FN6O2/c1-18(2)21-15-24(20-9-10-22(30)19(3)14-20)33-36-16-25(32-26(21)36)28(38)35-13-12-34(17-29(35,4)5)27(37)23-8-6-7-11-31-23/h6-11,14-16,18H,12-13,17H2,1-5H3. The molecule has 1 aromatic carbocycles. The first-order valence-electron chi connectivity index (χ1n) is 12.7. The number of hydrogen-bond donors (Lipinski definition) is 0. The van der Waals surface area contributed by atoms with Gasteiger partial charge in [-0.1, -0.05) is 19.9 Å². The van der Waals surface area contributed by atoms with Gasteiger partial charge in [0.25, 0.3) is 11.8 Å². The van der Waals surface area contributed by atoms with Crippen molar-refractivity contribution in [3.05, 3.63) is 83.2 Å². The van der Waals surface area contributed by atoms with Gasteiger partial charge < -0.3 is 9.80 Å². The zero-order valence-electron chi connectivity index (χ0n) is 22.3. The van der Waals surface area contributed by atoms with Gasteiger partial charge in [-0.15, -0.1) is 0 Å². The second kappa shape index (κ2) is 9.63. The molecule has 8 nitrogen and oxygen atoms in total. The Kier molecular flexibility index (Phi) is 6.46. The van der Waals surface area contributed by atoms with Crippen LogP contribution in [0, 0.1) is 12.7 Å². The van der Waals surface area contributed by atoms with E-state index in [-0.39, 0.29) is 23.5 Å². The zero-order chi connectivity index (χ0) is 27.2. The van der Waals surface area contributed by atoms with E-state index in [9.17, 15) is 14.0 Å². The van der Waals surface area contributed by atoms with E-state index in [0.717, 1.165) is 11.1 Å². The molecule has 1 aliphatic rings. The highest BCUT2D eigenvalue weighted by Crippen LogP contribution is 2.28. The molecule has 0 bridgehead atoms. The fraction of sp³-hybridized carbons (Fsp3) is 0.345. The van der Waals surface area contributed by atoms with Crippen molar-refractivity contribution >= 4 is 17.5 Å². The number of nitrogens with zero attached hydrogens (tertiary/aromatic N) is 6. The van der Waals surface area contributed by atoms with Crippen molar-refractivity contribution in [3.63, 3.8) is 0 Å². The van der Waals surface area contributed by atoms with E-state index >= 15 is 0 Å². The van der Waals surface area contributed by atoms with Crippen LogP contribution in [0.15, 0.2) is 54.9 Å². The Morgan fingerprint density at radius 1 is 1.03 bits per heavy atom. The lowest BCUT2D eigenvalue weighted by molar-refractivity contribution is 0.0163. The molecule has 9 heteroatoms. The van der Waals surface area contributed by atoms with E-state index in [1.807, 2.05) is 19.9 Å². The van der Waals surface area contributed by atoms with Gasteiger partial charge in [0, 0.05) is 37.0 Å². The van der Waals surface area contributed by atoms with Gasteiger partial charge in [-0.05, 0) is 68.7 Å². The lowest BCUT2D eigenvalue weighted by Gasteiger charge is -2.46. The molecule has 0 atom stereocenters. The topological polar surface area (TPSA) is 83.7 Å². The molecule has 4 heterocycles. The maximum atomic E-state index is 13.9. The molecule has 1 aliphatic heterocycles. The second-order valence-electron chi connectivity index (χ2n) is 10.7. The molecule has 0 N–H and O–H groups in total. The predicted octanol–water partition coefficient (Wildman–Crippen LogP) is 4.74. The van der Waals surface area contributed by atoms with Crippen LogP contribution < -0.4 is 0 Å². The van der Waals surface area contributed by atoms with Crippen LogP contribution in [0.3, 0.4) is 0 Å². The molecule has 0 radical (unpaired) electrons.